The molecule has 0 saturated carbocycles. The SMILES string of the molecule is CCOCCNC(=O)CN(CC)C(CO)CN(CC(=O)O)CC(CO)N(CC)CC(=O)NCCOCC. The monoisotopic (exact) mass is 535 g/mol. The molecule has 0 aliphatic rings. The Morgan fingerprint density at radius 3 is 1.43 bits per heavy atom. The number of likely N-dealkylation sites (N-methyl/N-ethyl adjacent to an activating group) is 2. The fraction of sp³-hybridized carbons (Fsp3) is 0.875. The van der Waals surface area contributed by atoms with Gasteiger partial charge in [0.05, 0.1) is 46.1 Å². The van der Waals surface area contributed by atoms with Crippen molar-refractivity contribution in [3.8, 4) is 0 Å². The summed E-state index contributed by atoms with van der Waals surface area (Å²) >= 11 is 0. The van der Waals surface area contributed by atoms with Gasteiger partial charge in [-0.15, -0.1) is 0 Å². The van der Waals surface area contributed by atoms with E-state index in [1.165, 1.54) is 0 Å². The Bertz CT molecular complexity index is 584. The summed E-state index contributed by atoms with van der Waals surface area (Å²) in [4.78, 5) is 41.4. The van der Waals surface area contributed by atoms with Crippen molar-refractivity contribution in [2.45, 2.75) is 39.8 Å². The molecule has 0 bridgehead atoms. The van der Waals surface area contributed by atoms with Gasteiger partial charge >= 0.3 is 5.97 Å². The minimum Gasteiger partial charge on any atom is -0.480 e. The maximum absolute atomic E-state index is 12.3. The Kier molecular flexibility index (Phi) is 21.0. The average molecular weight is 536 g/mol. The van der Waals surface area contributed by atoms with E-state index in [-0.39, 0.29) is 57.8 Å². The molecule has 0 saturated heterocycles. The third-order valence-electron chi connectivity index (χ3n) is 5.80. The van der Waals surface area contributed by atoms with Gasteiger partial charge in [-0.3, -0.25) is 29.1 Å². The maximum atomic E-state index is 12.3. The first-order valence-electron chi connectivity index (χ1n) is 13.1. The van der Waals surface area contributed by atoms with Gasteiger partial charge in [0.25, 0.3) is 0 Å². The number of nitrogens with zero attached hydrogens (tertiary/aromatic N) is 3. The topological polar surface area (TPSA) is 164 Å². The molecular weight excluding hydrogens is 486 g/mol. The Hall–Kier alpha value is -1.87. The van der Waals surface area contributed by atoms with Gasteiger partial charge in [0.1, 0.15) is 0 Å². The van der Waals surface area contributed by atoms with E-state index in [4.69, 9.17) is 9.47 Å². The summed E-state index contributed by atoms with van der Waals surface area (Å²) in [6.07, 6.45) is 0. The number of aliphatic carboxylic acids is 1. The molecule has 0 spiro atoms. The molecule has 2 amide bonds. The van der Waals surface area contributed by atoms with Gasteiger partial charge in [0.15, 0.2) is 0 Å². The van der Waals surface area contributed by atoms with Gasteiger partial charge < -0.3 is 35.4 Å². The van der Waals surface area contributed by atoms with E-state index < -0.39 is 18.1 Å². The summed E-state index contributed by atoms with van der Waals surface area (Å²) in [5.74, 6) is -1.49. The van der Waals surface area contributed by atoms with Crippen LogP contribution in [0, 0.1) is 0 Å². The average Bonchev–Trinajstić information content (AvgIpc) is 2.87. The van der Waals surface area contributed by atoms with E-state index in [0.717, 1.165) is 0 Å². The summed E-state index contributed by atoms with van der Waals surface area (Å²) in [6.45, 7) is 10.6. The van der Waals surface area contributed by atoms with Crippen LogP contribution in [0.1, 0.15) is 27.7 Å². The molecule has 13 nitrogen and oxygen atoms in total. The number of carboxylic acid groups (broad SMARTS) is 1. The van der Waals surface area contributed by atoms with E-state index in [1.807, 2.05) is 27.7 Å². The van der Waals surface area contributed by atoms with Gasteiger partial charge in [-0.1, -0.05) is 13.8 Å². The molecular formula is C24H49N5O8. The van der Waals surface area contributed by atoms with Crippen molar-refractivity contribution in [1.82, 2.24) is 25.3 Å². The molecule has 37 heavy (non-hydrogen) atoms. The minimum atomic E-state index is -1.05. The highest BCUT2D eigenvalue weighted by atomic mass is 16.5. The maximum Gasteiger partial charge on any atom is 0.317 e. The zero-order valence-electron chi connectivity index (χ0n) is 23.0. The first-order chi connectivity index (χ1) is 17.8. The van der Waals surface area contributed by atoms with E-state index in [1.54, 1.807) is 14.7 Å². The van der Waals surface area contributed by atoms with Gasteiger partial charge in [0.2, 0.25) is 11.8 Å². The van der Waals surface area contributed by atoms with Crippen molar-refractivity contribution in [1.29, 1.82) is 0 Å². The van der Waals surface area contributed by atoms with Gasteiger partial charge in [0, 0.05) is 51.5 Å². The van der Waals surface area contributed by atoms with E-state index in [0.29, 0.717) is 52.6 Å². The van der Waals surface area contributed by atoms with Gasteiger partial charge in [-0.2, -0.15) is 0 Å². The molecule has 0 aromatic rings. The number of hydrogen-bond acceptors (Lipinski definition) is 10. The number of rotatable bonds is 24. The van der Waals surface area contributed by atoms with Crippen LogP contribution in [0.4, 0.5) is 0 Å². The lowest BCUT2D eigenvalue weighted by molar-refractivity contribution is -0.139. The van der Waals surface area contributed by atoms with Crippen molar-refractivity contribution < 1.29 is 39.2 Å². The van der Waals surface area contributed by atoms with Gasteiger partial charge in [-0.25, -0.2) is 0 Å². The highest BCUT2D eigenvalue weighted by Crippen LogP contribution is 2.08. The second kappa shape index (κ2) is 22.1. The molecule has 0 rings (SSSR count). The Morgan fingerprint density at radius 2 is 1.14 bits per heavy atom. The van der Waals surface area contributed by atoms with Crippen LogP contribution in [0.5, 0.6) is 0 Å². The number of aliphatic hydroxyl groups is 2. The standard InChI is InChI=1S/C24H49N5O8/c1-5-28(15-22(32)25-9-11-36-7-3)20(18-30)13-27(17-24(34)35)14-21(19-31)29(6-2)16-23(33)26-10-12-37-8-4/h20-21,30-31H,5-19H2,1-4H3,(H,25,32)(H,26,33)(H,34,35). The summed E-state index contributed by atoms with van der Waals surface area (Å²) in [7, 11) is 0. The molecule has 0 aliphatic carbocycles. The van der Waals surface area contributed by atoms with E-state index >= 15 is 0 Å². The zero-order chi connectivity index (χ0) is 28.1. The number of carboxylic acids is 1. The molecule has 0 aromatic carbocycles. The largest absolute Gasteiger partial charge is 0.480 e. The van der Waals surface area contributed by atoms with E-state index in [9.17, 15) is 29.7 Å². The lowest BCUT2D eigenvalue weighted by Crippen LogP contribution is -2.54. The zero-order valence-corrected chi connectivity index (χ0v) is 23.0. The fourth-order valence-corrected chi connectivity index (χ4v) is 3.86. The summed E-state index contributed by atoms with van der Waals surface area (Å²) in [6, 6.07) is -1.00. The molecule has 5 N–H and O–H groups in total. The lowest BCUT2D eigenvalue weighted by Gasteiger charge is -2.36. The Morgan fingerprint density at radius 1 is 0.730 bits per heavy atom. The number of carbonyl (C=O) groups excluding carboxylic acids is 2. The van der Waals surface area contributed by atoms with Crippen LogP contribution in [-0.2, 0) is 23.9 Å². The number of ether oxygens (including phenoxy) is 2. The van der Waals surface area contributed by atoms with Crippen molar-refractivity contribution >= 4 is 17.8 Å². The second-order valence-corrected chi connectivity index (χ2v) is 8.48. The van der Waals surface area contributed by atoms with Crippen LogP contribution >= 0.6 is 0 Å². The highest BCUT2D eigenvalue weighted by Gasteiger charge is 2.27. The van der Waals surface area contributed by atoms with Crippen LogP contribution in [0.2, 0.25) is 0 Å². The third-order valence-corrected chi connectivity index (χ3v) is 5.80. The molecule has 0 heterocycles. The lowest BCUT2D eigenvalue weighted by atomic mass is 10.1. The predicted octanol–water partition coefficient (Wildman–Crippen LogP) is -1.96. The second-order valence-electron chi connectivity index (χ2n) is 8.48. The molecule has 0 aliphatic heterocycles. The number of hydrogen-bond donors (Lipinski definition) is 5. The molecule has 2 atom stereocenters. The van der Waals surface area contributed by atoms with Crippen molar-refractivity contribution in [2.24, 2.45) is 0 Å². The third kappa shape index (κ3) is 16.6. The fourth-order valence-electron chi connectivity index (χ4n) is 3.86. The van der Waals surface area contributed by atoms with Crippen molar-refractivity contribution in [3.63, 3.8) is 0 Å². The van der Waals surface area contributed by atoms with Gasteiger partial charge in [-0.05, 0) is 26.9 Å². The number of aliphatic hydroxyl groups excluding tert-OH is 2. The molecule has 218 valence electrons. The highest BCUT2D eigenvalue weighted by molar-refractivity contribution is 5.78. The number of nitrogens with one attached hydrogen (secondary N) is 2. The molecule has 13 heteroatoms. The summed E-state index contributed by atoms with van der Waals surface area (Å²) in [5.41, 5.74) is 0. The smallest absolute Gasteiger partial charge is 0.317 e. The van der Waals surface area contributed by atoms with Crippen LogP contribution in [0.25, 0.3) is 0 Å². The normalized spacial score (nSPS) is 13.2. The van der Waals surface area contributed by atoms with Crippen LogP contribution in [0.3, 0.4) is 0 Å². The summed E-state index contributed by atoms with van der Waals surface area (Å²) in [5, 5.41) is 35.1. The number of carbonyl (C=O) groups is 3. The first kappa shape index (κ1) is 35.1. The van der Waals surface area contributed by atoms with Crippen LogP contribution < -0.4 is 10.6 Å². The molecule has 0 radical (unpaired) electrons. The van der Waals surface area contributed by atoms with E-state index in [2.05, 4.69) is 10.6 Å². The predicted molar refractivity (Wildman–Crippen MR) is 139 cm³/mol. The Balaban J connectivity index is 5.22. The van der Waals surface area contributed by atoms with Crippen LogP contribution in [-0.4, -0.2) is 158 Å². The molecule has 0 aromatic heterocycles. The van der Waals surface area contributed by atoms with Crippen molar-refractivity contribution in [3.05, 3.63) is 0 Å². The number of amides is 2. The Labute approximate surface area is 221 Å². The first-order valence-corrected chi connectivity index (χ1v) is 13.1. The van der Waals surface area contributed by atoms with Crippen molar-refractivity contribution in [2.75, 3.05) is 98.5 Å². The molecule has 0 fully saturated rings. The minimum absolute atomic E-state index is 0.0429. The summed E-state index contributed by atoms with van der Waals surface area (Å²) < 4.78 is 10.4. The molecule has 2 unspecified atom stereocenters. The van der Waals surface area contributed by atoms with Crippen LogP contribution in [0.15, 0.2) is 0 Å². The quantitative estimate of drug-likeness (QED) is 0.0872.